The van der Waals surface area contributed by atoms with E-state index >= 15 is 0 Å². The Bertz CT molecular complexity index is 843. The molecule has 0 N–H and O–H groups in total. The van der Waals surface area contributed by atoms with E-state index in [9.17, 15) is 9.59 Å². The normalized spacial score (nSPS) is 13.5. The van der Waals surface area contributed by atoms with E-state index in [-0.39, 0.29) is 11.6 Å². The lowest BCUT2D eigenvalue weighted by Crippen LogP contribution is -2.12. The fourth-order valence-corrected chi connectivity index (χ4v) is 3.23. The number of alkyl halides is 1. The van der Waals surface area contributed by atoms with Crippen LogP contribution in [0.15, 0.2) is 30.3 Å². The minimum atomic E-state index is -0.546. The quantitative estimate of drug-likeness (QED) is 0.450. The predicted molar refractivity (Wildman–Crippen MR) is 98.6 cm³/mol. The molecule has 3 rings (SSSR count). The molecular formula is C19H16BBrO3. The van der Waals surface area contributed by atoms with Gasteiger partial charge in [0.25, 0.3) is 0 Å². The van der Waals surface area contributed by atoms with Crippen molar-refractivity contribution in [1.82, 2.24) is 0 Å². The van der Waals surface area contributed by atoms with E-state index in [2.05, 4.69) is 15.9 Å². The molecule has 2 aromatic rings. The Morgan fingerprint density at radius 2 is 2.00 bits per heavy atom. The number of hydrogen-bond acceptors (Lipinski definition) is 3. The molecule has 2 aromatic carbocycles. The van der Waals surface area contributed by atoms with Gasteiger partial charge in [-0.3, -0.25) is 9.59 Å². The van der Waals surface area contributed by atoms with Gasteiger partial charge in [-0.25, -0.2) is 0 Å². The summed E-state index contributed by atoms with van der Waals surface area (Å²) in [4.78, 5) is 24.1. The first kappa shape index (κ1) is 17.0. The molecule has 0 aliphatic carbocycles. The van der Waals surface area contributed by atoms with Crippen molar-refractivity contribution >= 4 is 35.3 Å². The Balaban J connectivity index is 2.08. The van der Waals surface area contributed by atoms with Gasteiger partial charge in [-0.05, 0) is 47.6 Å². The van der Waals surface area contributed by atoms with Crippen molar-refractivity contribution in [3.05, 3.63) is 52.6 Å². The SMILES string of the molecule is [B]C(C)C(=O)c1cc2c(cc1C)-c1ccc(C(=O)CBr)cc1CO2. The highest BCUT2D eigenvalue weighted by molar-refractivity contribution is 9.09. The lowest BCUT2D eigenvalue weighted by molar-refractivity contribution is 0.0985. The monoisotopic (exact) mass is 382 g/mol. The standard InChI is InChI=1S/C19H16BBrO3/c1-10-5-16-14-4-3-12(17(22)8-21)6-13(14)9-24-18(16)7-15(10)19(23)11(2)20/h3-7,11H,8-9H2,1-2H3. The van der Waals surface area contributed by atoms with Crippen molar-refractivity contribution < 1.29 is 14.3 Å². The molecule has 24 heavy (non-hydrogen) atoms. The molecular weight excluding hydrogens is 367 g/mol. The van der Waals surface area contributed by atoms with E-state index in [4.69, 9.17) is 12.6 Å². The topological polar surface area (TPSA) is 43.4 Å². The highest BCUT2D eigenvalue weighted by Gasteiger charge is 2.22. The van der Waals surface area contributed by atoms with E-state index in [0.29, 0.717) is 28.8 Å². The molecule has 1 atom stereocenters. The number of carbonyl (C=O) groups excluding carboxylic acids is 2. The molecule has 2 radical (unpaired) electrons. The number of Topliss-reactive ketones (excluding diaryl/α,β-unsaturated/α-hetero) is 2. The highest BCUT2D eigenvalue weighted by atomic mass is 79.9. The molecule has 0 aromatic heterocycles. The van der Waals surface area contributed by atoms with Gasteiger partial charge in [0.1, 0.15) is 12.4 Å². The van der Waals surface area contributed by atoms with Crippen LogP contribution in [0.3, 0.4) is 0 Å². The smallest absolute Gasteiger partial charge is 0.173 e. The Kier molecular flexibility index (Phi) is 4.63. The fraction of sp³-hybridized carbons (Fsp3) is 0.263. The summed E-state index contributed by atoms with van der Waals surface area (Å²) in [7, 11) is 5.72. The van der Waals surface area contributed by atoms with E-state index in [1.807, 2.05) is 31.2 Å². The van der Waals surface area contributed by atoms with Gasteiger partial charge in [-0.2, -0.15) is 0 Å². The fourth-order valence-electron chi connectivity index (χ4n) is 2.91. The first-order valence-corrected chi connectivity index (χ1v) is 8.84. The van der Waals surface area contributed by atoms with Crippen LogP contribution in [-0.2, 0) is 6.61 Å². The number of ether oxygens (including phenoxy) is 1. The Labute approximate surface area is 150 Å². The molecule has 5 heteroatoms. The number of fused-ring (bicyclic) bond motifs is 3. The zero-order chi connectivity index (χ0) is 17.4. The Morgan fingerprint density at radius 3 is 2.67 bits per heavy atom. The van der Waals surface area contributed by atoms with E-state index < -0.39 is 5.82 Å². The molecule has 1 unspecified atom stereocenters. The first-order chi connectivity index (χ1) is 11.4. The molecule has 120 valence electrons. The number of halogens is 1. The molecule has 1 aliphatic rings. The summed E-state index contributed by atoms with van der Waals surface area (Å²) >= 11 is 3.19. The van der Waals surface area contributed by atoms with Crippen LogP contribution in [-0.4, -0.2) is 24.7 Å². The van der Waals surface area contributed by atoms with E-state index in [1.54, 1.807) is 13.0 Å². The van der Waals surface area contributed by atoms with Crippen LogP contribution in [0.1, 0.15) is 38.8 Å². The van der Waals surface area contributed by atoms with Crippen LogP contribution in [0.5, 0.6) is 5.75 Å². The molecule has 0 saturated heterocycles. The predicted octanol–water partition coefficient (Wildman–Crippen LogP) is 4.29. The average molecular weight is 383 g/mol. The van der Waals surface area contributed by atoms with Crippen LogP contribution >= 0.6 is 15.9 Å². The third kappa shape index (κ3) is 2.93. The number of ketones is 2. The molecule has 0 saturated carbocycles. The van der Waals surface area contributed by atoms with Gasteiger partial charge >= 0.3 is 0 Å². The second-order valence-corrected chi connectivity index (χ2v) is 6.59. The van der Waals surface area contributed by atoms with E-state index in [1.165, 1.54) is 0 Å². The number of benzene rings is 2. The molecule has 1 heterocycles. The van der Waals surface area contributed by atoms with Gasteiger partial charge in [0, 0.05) is 16.7 Å². The maximum absolute atomic E-state index is 12.2. The van der Waals surface area contributed by atoms with Crippen LogP contribution < -0.4 is 4.74 Å². The van der Waals surface area contributed by atoms with Gasteiger partial charge in [-0.15, -0.1) is 0 Å². The third-order valence-electron chi connectivity index (χ3n) is 4.23. The minimum absolute atomic E-state index is 0.0395. The average Bonchev–Trinajstić information content (AvgIpc) is 2.59. The molecule has 0 spiro atoms. The lowest BCUT2D eigenvalue weighted by Gasteiger charge is -2.23. The van der Waals surface area contributed by atoms with Crippen molar-refractivity contribution in [2.75, 3.05) is 5.33 Å². The first-order valence-electron chi connectivity index (χ1n) is 7.72. The zero-order valence-corrected chi connectivity index (χ0v) is 15.1. The van der Waals surface area contributed by atoms with Crippen LogP contribution in [0, 0.1) is 6.92 Å². The van der Waals surface area contributed by atoms with Gasteiger partial charge in [0.15, 0.2) is 11.6 Å². The van der Waals surface area contributed by atoms with Crippen molar-refractivity contribution in [3.63, 3.8) is 0 Å². The summed E-state index contributed by atoms with van der Waals surface area (Å²) in [5.74, 6) is 0.0766. The summed E-state index contributed by atoms with van der Waals surface area (Å²) in [6, 6.07) is 9.37. The Morgan fingerprint density at radius 1 is 1.25 bits per heavy atom. The van der Waals surface area contributed by atoms with Crippen molar-refractivity contribution in [2.45, 2.75) is 26.3 Å². The molecule has 0 fully saturated rings. The third-order valence-corrected chi connectivity index (χ3v) is 4.74. The maximum atomic E-state index is 12.2. The summed E-state index contributed by atoms with van der Waals surface area (Å²) in [6.07, 6.45) is 0. The van der Waals surface area contributed by atoms with Gasteiger partial charge in [0.2, 0.25) is 0 Å². The largest absolute Gasteiger partial charge is 0.488 e. The van der Waals surface area contributed by atoms with Gasteiger partial charge in [-0.1, -0.05) is 35.0 Å². The summed E-state index contributed by atoms with van der Waals surface area (Å²) in [5.41, 5.74) is 5.07. The number of carbonyl (C=O) groups is 2. The Hall–Kier alpha value is -1.88. The van der Waals surface area contributed by atoms with Crippen LogP contribution in [0.4, 0.5) is 0 Å². The molecule has 1 aliphatic heterocycles. The van der Waals surface area contributed by atoms with Gasteiger partial charge in [0.05, 0.1) is 13.2 Å². The van der Waals surface area contributed by atoms with Crippen molar-refractivity contribution in [2.24, 2.45) is 0 Å². The molecule has 3 nitrogen and oxygen atoms in total. The highest BCUT2D eigenvalue weighted by Crippen LogP contribution is 2.40. The minimum Gasteiger partial charge on any atom is -0.488 e. The number of hydrogen-bond donors (Lipinski definition) is 0. The second kappa shape index (κ2) is 6.56. The van der Waals surface area contributed by atoms with E-state index in [0.717, 1.165) is 22.3 Å². The lowest BCUT2D eigenvalue weighted by atomic mass is 9.81. The van der Waals surface area contributed by atoms with Gasteiger partial charge < -0.3 is 4.74 Å². The van der Waals surface area contributed by atoms with Crippen molar-refractivity contribution in [3.8, 4) is 16.9 Å². The number of rotatable bonds is 4. The summed E-state index contributed by atoms with van der Waals surface area (Å²) in [5, 5.41) is 0.297. The summed E-state index contributed by atoms with van der Waals surface area (Å²) < 4.78 is 5.83. The molecule has 0 bridgehead atoms. The molecule has 0 amide bonds. The van der Waals surface area contributed by atoms with Crippen LogP contribution in [0.2, 0.25) is 5.82 Å². The second-order valence-electron chi connectivity index (χ2n) is 6.03. The van der Waals surface area contributed by atoms with Crippen LogP contribution in [0.25, 0.3) is 11.1 Å². The summed E-state index contributed by atoms with van der Waals surface area (Å²) in [6.45, 7) is 3.95. The van der Waals surface area contributed by atoms with Crippen molar-refractivity contribution in [1.29, 1.82) is 0 Å². The zero-order valence-electron chi connectivity index (χ0n) is 13.6. The number of aryl methyl sites for hydroxylation is 1. The maximum Gasteiger partial charge on any atom is 0.173 e.